The quantitative estimate of drug-likeness (QED) is 0.908. The molecular formula is C14H18BrNO2. The van der Waals surface area contributed by atoms with Crippen molar-refractivity contribution in [1.29, 1.82) is 0 Å². The van der Waals surface area contributed by atoms with Crippen LogP contribution in [0.4, 0.5) is 5.69 Å². The van der Waals surface area contributed by atoms with E-state index < -0.39 is 0 Å². The van der Waals surface area contributed by atoms with E-state index in [2.05, 4.69) is 28.2 Å². The molecule has 18 heavy (non-hydrogen) atoms. The van der Waals surface area contributed by atoms with Crippen molar-refractivity contribution in [2.24, 2.45) is 11.8 Å². The van der Waals surface area contributed by atoms with Crippen molar-refractivity contribution in [2.75, 3.05) is 5.32 Å². The fourth-order valence-corrected chi connectivity index (χ4v) is 2.74. The summed E-state index contributed by atoms with van der Waals surface area (Å²) >= 11 is 3.37. The third-order valence-electron chi connectivity index (χ3n) is 3.66. The summed E-state index contributed by atoms with van der Waals surface area (Å²) in [4.78, 5) is 12.3. The van der Waals surface area contributed by atoms with Gasteiger partial charge in [-0.3, -0.25) is 4.79 Å². The van der Waals surface area contributed by atoms with E-state index in [1.54, 1.807) is 0 Å². The summed E-state index contributed by atoms with van der Waals surface area (Å²) in [5.41, 5.74) is 0.821. The van der Waals surface area contributed by atoms with Crippen molar-refractivity contribution >= 4 is 27.5 Å². The monoisotopic (exact) mass is 311 g/mol. The van der Waals surface area contributed by atoms with Gasteiger partial charge in [0.25, 0.3) is 0 Å². The second-order valence-electron chi connectivity index (χ2n) is 4.93. The molecule has 0 bridgehead atoms. The largest absolute Gasteiger partial charge is 0.374 e. The summed E-state index contributed by atoms with van der Waals surface area (Å²) in [5, 5.41) is 2.95. The molecule has 1 amide bonds. The fourth-order valence-electron chi connectivity index (χ4n) is 2.48. The zero-order valence-corrected chi connectivity index (χ0v) is 12.4. The smallest absolute Gasteiger partial charge is 0.230 e. The van der Waals surface area contributed by atoms with E-state index in [0.717, 1.165) is 10.2 Å². The van der Waals surface area contributed by atoms with Crippen LogP contribution in [0, 0.1) is 11.8 Å². The summed E-state index contributed by atoms with van der Waals surface area (Å²) in [6.07, 6.45) is 0.117. The first kappa shape index (κ1) is 13.6. The third-order valence-corrected chi connectivity index (χ3v) is 4.19. The first-order valence-corrected chi connectivity index (χ1v) is 7.00. The molecule has 0 radical (unpaired) electrons. The highest BCUT2D eigenvalue weighted by molar-refractivity contribution is 9.10. The first-order chi connectivity index (χ1) is 8.49. The summed E-state index contributed by atoms with van der Waals surface area (Å²) in [6, 6.07) is 7.60. The van der Waals surface area contributed by atoms with Crippen LogP contribution in [0.5, 0.6) is 0 Å². The number of anilines is 1. The molecule has 0 aliphatic carbocycles. The SMILES string of the molecule is CC1OC(C)C(C(=O)Nc2ccc(Br)cc2)C1C. The molecular weight excluding hydrogens is 294 g/mol. The molecule has 4 heteroatoms. The number of amides is 1. The van der Waals surface area contributed by atoms with E-state index in [9.17, 15) is 4.79 Å². The minimum absolute atomic E-state index is 0.0227. The molecule has 1 fully saturated rings. The number of benzene rings is 1. The maximum Gasteiger partial charge on any atom is 0.230 e. The van der Waals surface area contributed by atoms with E-state index in [1.807, 2.05) is 38.1 Å². The van der Waals surface area contributed by atoms with Gasteiger partial charge in [0.2, 0.25) is 5.91 Å². The number of rotatable bonds is 2. The van der Waals surface area contributed by atoms with Crippen LogP contribution in [-0.4, -0.2) is 18.1 Å². The van der Waals surface area contributed by atoms with Crippen LogP contribution in [0.1, 0.15) is 20.8 Å². The average molecular weight is 312 g/mol. The Morgan fingerprint density at radius 1 is 1.17 bits per heavy atom. The number of halogens is 1. The molecule has 1 N–H and O–H groups in total. The second kappa shape index (κ2) is 5.41. The van der Waals surface area contributed by atoms with Gasteiger partial charge < -0.3 is 10.1 Å². The van der Waals surface area contributed by atoms with Crippen LogP contribution in [0.3, 0.4) is 0 Å². The van der Waals surface area contributed by atoms with Crippen LogP contribution in [0.2, 0.25) is 0 Å². The van der Waals surface area contributed by atoms with Crippen molar-refractivity contribution in [3.8, 4) is 0 Å². The maximum atomic E-state index is 12.3. The summed E-state index contributed by atoms with van der Waals surface area (Å²) in [5.74, 6) is 0.209. The van der Waals surface area contributed by atoms with Crippen LogP contribution >= 0.6 is 15.9 Å². The van der Waals surface area contributed by atoms with E-state index in [1.165, 1.54) is 0 Å². The Balaban J connectivity index is 2.06. The Hall–Kier alpha value is -0.870. The predicted octanol–water partition coefficient (Wildman–Crippen LogP) is 3.45. The molecule has 4 atom stereocenters. The van der Waals surface area contributed by atoms with Crippen molar-refractivity contribution in [3.63, 3.8) is 0 Å². The van der Waals surface area contributed by atoms with Gasteiger partial charge in [0.05, 0.1) is 18.1 Å². The van der Waals surface area contributed by atoms with Gasteiger partial charge in [-0.1, -0.05) is 22.9 Å². The van der Waals surface area contributed by atoms with E-state index in [4.69, 9.17) is 4.74 Å². The van der Waals surface area contributed by atoms with Gasteiger partial charge in [0, 0.05) is 10.2 Å². The van der Waals surface area contributed by atoms with Gasteiger partial charge in [-0.25, -0.2) is 0 Å². The van der Waals surface area contributed by atoms with Gasteiger partial charge in [-0.15, -0.1) is 0 Å². The second-order valence-corrected chi connectivity index (χ2v) is 5.84. The van der Waals surface area contributed by atoms with Crippen molar-refractivity contribution in [3.05, 3.63) is 28.7 Å². The molecule has 1 aromatic carbocycles. The highest BCUT2D eigenvalue weighted by atomic mass is 79.9. The van der Waals surface area contributed by atoms with E-state index in [0.29, 0.717) is 0 Å². The highest BCUT2D eigenvalue weighted by Crippen LogP contribution is 2.33. The van der Waals surface area contributed by atoms with E-state index in [-0.39, 0.29) is 30.0 Å². The summed E-state index contributed by atoms with van der Waals surface area (Å²) in [6.45, 7) is 6.06. The lowest BCUT2D eigenvalue weighted by Crippen LogP contribution is -2.31. The minimum atomic E-state index is -0.0800. The van der Waals surface area contributed by atoms with Gasteiger partial charge in [0.1, 0.15) is 0 Å². The van der Waals surface area contributed by atoms with Crippen molar-refractivity contribution in [1.82, 2.24) is 0 Å². The van der Waals surface area contributed by atoms with Crippen molar-refractivity contribution < 1.29 is 9.53 Å². The maximum absolute atomic E-state index is 12.3. The van der Waals surface area contributed by atoms with Crippen LogP contribution in [0.25, 0.3) is 0 Å². The Kier molecular flexibility index (Phi) is 4.07. The lowest BCUT2D eigenvalue weighted by molar-refractivity contribution is -0.121. The molecule has 3 nitrogen and oxygen atoms in total. The Morgan fingerprint density at radius 3 is 2.28 bits per heavy atom. The molecule has 1 aliphatic rings. The number of hydrogen-bond acceptors (Lipinski definition) is 2. The first-order valence-electron chi connectivity index (χ1n) is 6.21. The topological polar surface area (TPSA) is 38.3 Å². The molecule has 1 aliphatic heterocycles. The summed E-state index contributed by atoms with van der Waals surface area (Å²) < 4.78 is 6.70. The molecule has 1 heterocycles. The molecule has 98 valence electrons. The van der Waals surface area contributed by atoms with Gasteiger partial charge in [0.15, 0.2) is 0 Å². The number of ether oxygens (including phenoxy) is 1. The molecule has 0 aromatic heterocycles. The number of hydrogen-bond donors (Lipinski definition) is 1. The van der Waals surface area contributed by atoms with Crippen LogP contribution < -0.4 is 5.32 Å². The zero-order valence-electron chi connectivity index (χ0n) is 10.8. The van der Waals surface area contributed by atoms with Gasteiger partial charge in [-0.05, 0) is 44.0 Å². The van der Waals surface area contributed by atoms with Gasteiger partial charge in [-0.2, -0.15) is 0 Å². The molecule has 0 saturated carbocycles. The number of carbonyl (C=O) groups is 1. The fraction of sp³-hybridized carbons (Fsp3) is 0.500. The van der Waals surface area contributed by atoms with Crippen LogP contribution in [-0.2, 0) is 9.53 Å². The third kappa shape index (κ3) is 2.75. The predicted molar refractivity (Wildman–Crippen MR) is 75.4 cm³/mol. The zero-order chi connectivity index (χ0) is 13.3. The number of carbonyl (C=O) groups excluding carboxylic acids is 1. The normalized spacial score (nSPS) is 31.3. The summed E-state index contributed by atoms with van der Waals surface area (Å²) in [7, 11) is 0. The molecule has 1 saturated heterocycles. The Labute approximate surface area is 116 Å². The van der Waals surface area contributed by atoms with Crippen molar-refractivity contribution in [2.45, 2.75) is 33.0 Å². The number of nitrogens with one attached hydrogen (secondary N) is 1. The molecule has 1 aromatic rings. The average Bonchev–Trinajstić information content (AvgIpc) is 2.56. The minimum Gasteiger partial charge on any atom is -0.374 e. The van der Waals surface area contributed by atoms with Gasteiger partial charge >= 0.3 is 0 Å². The molecule has 4 unspecified atom stereocenters. The lowest BCUT2D eigenvalue weighted by Gasteiger charge is -2.17. The molecule has 0 spiro atoms. The Morgan fingerprint density at radius 2 is 1.78 bits per heavy atom. The lowest BCUT2D eigenvalue weighted by atomic mass is 9.89. The van der Waals surface area contributed by atoms with Crippen LogP contribution in [0.15, 0.2) is 28.7 Å². The standard InChI is InChI=1S/C14H18BrNO2/c1-8-9(2)18-10(3)13(8)14(17)16-12-6-4-11(15)5-7-12/h4-10,13H,1-3H3,(H,16,17). The highest BCUT2D eigenvalue weighted by Gasteiger charge is 2.41. The Bertz CT molecular complexity index is 432. The van der Waals surface area contributed by atoms with E-state index >= 15 is 0 Å². The molecule has 2 rings (SSSR count).